The van der Waals surface area contributed by atoms with Gasteiger partial charge in [-0.15, -0.1) is 0 Å². The molecule has 0 aliphatic carbocycles. The van der Waals surface area contributed by atoms with E-state index in [1.807, 2.05) is 0 Å². The Morgan fingerprint density at radius 1 is 1.26 bits per heavy atom. The third-order valence-electron chi connectivity index (χ3n) is 3.05. The van der Waals surface area contributed by atoms with Crippen molar-refractivity contribution < 1.29 is 23.8 Å². The number of nitrogens with zero attached hydrogens (tertiary/aromatic N) is 1. The maximum absolute atomic E-state index is 11.8. The normalized spacial score (nSPS) is 11.3. The molecule has 7 heteroatoms. The smallest absolute Gasteiger partial charge is 0.328 e. The van der Waals surface area contributed by atoms with Crippen molar-refractivity contribution in [3.05, 3.63) is 35.4 Å². The maximum Gasteiger partial charge on any atom is 0.328 e. The zero-order valence-electron chi connectivity index (χ0n) is 13.2. The van der Waals surface area contributed by atoms with Gasteiger partial charge in [-0.05, 0) is 11.6 Å². The van der Waals surface area contributed by atoms with Crippen LogP contribution in [0.25, 0.3) is 0 Å². The largest absolute Gasteiger partial charge is 0.467 e. The first-order valence-electron chi connectivity index (χ1n) is 7.04. The second-order valence-electron chi connectivity index (χ2n) is 4.66. The van der Waals surface area contributed by atoms with Crippen LogP contribution in [0.15, 0.2) is 24.3 Å². The number of nitrogens with one attached hydrogen (secondary N) is 1. The molecule has 0 aliphatic heterocycles. The van der Waals surface area contributed by atoms with Gasteiger partial charge in [-0.25, -0.2) is 4.79 Å². The van der Waals surface area contributed by atoms with Crippen LogP contribution in [-0.4, -0.2) is 52.0 Å². The molecule has 1 aromatic carbocycles. The Bertz CT molecular complexity index is 568. The van der Waals surface area contributed by atoms with Crippen LogP contribution >= 0.6 is 0 Å². The Hall–Kier alpha value is -2.43. The molecule has 0 radical (unpaired) electrons. The number of carbonyl (C=O) groups is 2. The summed E-state index contributed by atoms with van der Waals surface area (Å²) < 4.78 is 14.6. The number of hydrogen-bond acceptors (Lipinski definition) is 6. The van der Waals surface area contributed by atoms with Crippen LogP contribution in [0.3, 0.4) is 0 Å². The summed E-state index contributed by atoms with van der Waals surface area (Å²) in [5, 5.41) is 11.6. The van der Waals surface area contributed by atoms with Crippen LogP contribution < -0.4 is 5.32 Å². The molecule has 7 nitrogen and oxygen atoms in total. The number of nitriles is 1. The molecule has 0 saturated carbocycles. The van der Waals surface area contributed by atoms with Gasteiger partial charge >= 0.3 is 5.97 Å². The minimum Gasteiger partial charge on any atom is -0.467 e. The first-order valence-corrected chi connectivity index (χ1v) is 7.04. The molecule has 0 fully saturated rings. The summed E-state index contributed by atoms with van der Waals surface area (Å²) >= 11 is 0. The molecule has 0 bridgehead atoms. The summed E-state index contributed by atoms with van der Waals surface area (Å²) in [4.78, 5) is 23.7. The molecular weight excluding hydrogens is 300 g/mol. The maximum atomic E-state index is 11.8. The first-order chi connectivity index (χ1) is 11.1. The van der Waals surface area contributed by atoms with Crippen molar-refractivity contribution in [3.8, 4) is 6.07 Å². The van der Waals surface area contributed by atoms with Gasteiger partial charge in [-0.1, -0.05) is 18.2 Å². The van der Waals surface area contributed by atoms with E-state index in [0.717, 1.165) is 0 Å². The van der Waals surface area contributed by atoms with Gasteiger partial charge in [-0.3, -0.25) is 4.79 Å². The minimum absolute atomic E-state index is 0.167. The molecule has 1 atom stereocenters. The predicted molar refractivity (Wildman–Crippen MR) is 81.5 cm³/mol. The van der Waals surface area contributed by atoms with Gasteiger partial charge in [0.25, 0.3) is 0 Å². The molecule has 23 heavy (non-hydrogen) atoms. The second-order valence-corrected chi connectivity index (χ2v) is 4.66. The van der Waals surface area contributed by atoms with E-state index >= 15 is 0 Å². The fourth-order valence-electron chi connectivity index (χ4n) is 1.91. The topological polar surface area (TPSA) is 97.6 Å². The second kappa shape index (κ2) is 10.3. The molecule has 0 heterocycles. The van der Waals surface area contributed by atoms with Crippen molar-refractivity contribution in [1.29, 1.82) is 5.26 Å². The number of methoxy groups -OCH3 is 2. The van der Waals surface area contributed by atoms with Crippen LogP contribution in [-0.2, 0) is 30.2 Å². The van der Waals surface area contributed by atoms with E-state index in [1.54, 1.807) is 24.3 Å². The lowest BCUT2D eigenvalue weighted by atomic mass is 10.0. The highest BCUT2D eigenvalue weighted by molar-refractivity contribution is 5.85. The lowest BCUT2D eigenvalue weighted by molar-refractivity contribution is -0.145. The molecule has 1 rings (SSSR count). The third kappa shape index (κ3) is 6.46. The average molecular weight is 320 g/mol. The molecule has 1 amide bonds. The number of amides is 1. The zero-order chi connectivity index (χ0) is 17.1. The summed E-state index contributed by atoms with van der Waals surface area (Å²) in [7, 11) is 2.77. The molecule has 1 N–H and O–H groups in total. The summed E-state index contributed by atoms with van der Waals surface area (Å²) in [6.45, 7) is 0.476. The Labute approximate surface area is 135 Å². The van der Waals surface area contributed by atoms with Crippen molar-refractivity contribution in [2.45, 2.75) is 12.5 Å². The molecule has 0 aliphatic rings. The Balaban J connectivity index is 2.68. The van der Waals surface area contributed by atoms with Crippen LogP contribution in [0.1, 0.15) is 11.1 Å². The van der Waals surface area contributed by atoms with Gasteiger partial charge in [0, 0.05) is 13.5 Å². The molecule has 0 aromatic heterocycles. The summed E-state index contributed by atoms with van der Waals surface area (Å²) in [6, 6.07) is 8.06. The predicted octanol–water partition coefficient (Wildman–Crippen LogP) is 0.422. The summed E-state index contributed by atoms with van der Waals surface area (Å²) in [6.07, 6.45) is 0.167. The van der Waals surface area contributed by atoms with Gasteiger partial charge < -0.3 is 19.5 Å². The lowest BCUT2D eigenvalue weighted by Gasteiger charge is -2.17. The van der Waals surface area contributed by atoms with E-state index in [2.05, 4.69) is 11.4 Å². The van der Waals surface area contributed by atoms with Gasteiger partial charge in [0.05, 0.1) is 32.0 Å². The van der Waals surface area contributed by atoms with Crippen molar-refractivity contribution in [2.75, 3.05) is 34.0 Å². The highest BCUT2D eigenvalue weighted by atomic mass is 16.5. The summed E-state index contributed by atoms with van der Waals surface area (Å²) in [5.74, 6) is -1.02. The van der Waals surface area contributed by atoms with E-state index < -0.39 is 17.9 Å². The van der Waals surface area contributed by atoms with Crippen LogP contribution in [0.5, 0.6) is 0 Å². The SMILES string of the molecule is COCCOCC(=O)N[C@@H](Cc1ccccc1C#N)C(=O)OC. The van der Waals surface area contributed by atoms with Crippen molar-refractivity contribution >= 4 is 11.9 Å². The Morgan fingerprint density at radius 3 is 2.65 bits per heavy atom. The minimum atomic E-state index is -0.881. The number of hydrogen-bond donors (Lipinski definition) is 1. The van der Waals surface area contributed by atoms with Crippen molar-refractivity contribution in [1.82, 2.24) is 5.32 Å². The van der Waals surface area contributed by atoms with E-state index in [-0.39, 0.29) is 19.6 Å². The number of carbonyl (C=O) groups excluding carboxylic acids is 2. The lowest BCUT2D eigenvalue weighted by Crippen LogP contribution is -2.44. The monoisotopic (exact) mass is 320 g/mol. The summed E-state index contributed by atoms with van der Waals surface area (Å²) in [5.41, 5.74) is 1.11. The van der Waals surface area contributed by atoms with Crippen molar-refractivity contribution in [2.24, 2.45) is 0 Å². The van der Waals surface area contributed by atoms with Crippen LogP contribution in [0.4, 0.5) is 0 Å². The Morgan fingerprint density at radius 2 is 2.00 bits per heavy atom. The van der Waals surface area contributed by atoms with Gasteiger partial charge in [0.2, 0.25) is 5.91 Å². The van der Waals surface area contributed by atoms with Gasteiger partial charge in [0.15, 0.2) is 0 Å². The third-order valence-corrected chi connectivity index (χ3v) is 3.05. The molecule has 124 valence electrons. The van der Waals surface area contributed by atoms with E-state index in [1.165, 1.54) is 14.2 Å². The molecule has 0 saturated heterocycles. The standard InChI is InChI=1S/C16H20N2O5/c1-21-7-8-23-11-15(19)18-14(16(20)22-2)9-12-5-3-4-6-13(12)10-17/h3-6,14H,7-9,11H2,1-2H3,(H,18,19)/t14-/m0/s1. The van der Waals surface area contributed by atoms with Gasteiger partial charge in [-0.2, -0.15) is 5.26 Å². The van der Waals surface area contributed by atoms with E-state index in [4.69, 9.17) is 19.5 Å². The number of esters is 1. The fourth-order valence-corrected chi connectivity index (χ4v) is 1.91. The zero-order valence-corrected chi connectivity index (χ0v) is 13.2. The van der Waals surface area contributed by atoms with Gasteiger partial charge in [0.1, 0.15) is 12.6 Å². The van der Waals surface area contributed by atoms with Crippen molar-refractivity contribution in [3.63, 3.8) is 0 Å². The van der Waals surface area contributed by atoms with E-state index in [0.29, 0.717) is 17.7 Å². The first kappa shape index (κ1) is 18.6. The molecular formula is C16H20N2O5. The quantitative estimate of drug-likeness (QED) is 0.523. The number of benzene rings is 1. The highest BCUT2D eigenvalue weighted by Crippen LogP contribution is 2.11. The van der Waals surface area contributed by atoms with Crippen LogP contribution in [0, 0.1) is 11.3 Å². The average Bonchev–Trinajstić information content (AvgIpc) is 2.57. The molecule has 1 aromatic rings. The highest BCUT2D eigenvalue weighted by Gasteiger charge is 2.23. The molecule has 0 spiro atoms. The Kier molecular flexibility index (Phi) is 8.36. The fraction of sp³-hybridized carbons (Fsp3) is 0.438. The number of ether oxygens (including phenoxy) is 3. The molecule has 0 unspecified atom stereocenters. The van der Waals surface area contributed by atoms with E-state index in [9.17, 15) is 9.59 Å². The number of rotatable bonds is 9. The van der Waals surface area contributed by atoms with Crippen LogP contribution in [0.2, 0.25) is 0 Å².